The van der Waals surface area contributed by atoms with Crippen LogP contribution in [0.25, 0.3) is 17.1 Å². The molecule has 0 atom stereocenters. The van der Waals surface area contributed by atoms with Crippen LogP contribution in [-0.4, -0.2) is 55.2 Å². The van der Waals surface area contributed by atoms with Gasteiger partial charge in [0, 0.05) is 42.7 Å². The second-order valence-electron chi connectivity index (χ2n) is 10.7. The van der Waals surface area contributed by atoms with Crippen LogP contribution in [0.2, 0.25) is 0 Å². The van der Waals surface area contributed by atoms with E-state index in [0.717, 1.165) is 5.69 Å². The summed E-state index contributed by atoms with van der Waals surface area (Å²) < 4.78 is 38.0. The van der Waals surface area contributed by atoms with Gasteiger partial charge in [0.2, 0.25) is 11.8 Å². The average molecular weight is 553 g/mol. The Morgan fingerprint density at radius 1 is 1.12 bits per heavy atom. The molecule has 10 nitrogen and oxygen atoms in total. The summed E-state index contributed by atoms with van der Waals surface area (Å²) in [5, 5.41) is 7.08. The minimum atomic E-state index is -2.85. The van der Waals surface area contributed by atoms with Gasteiger partial charge in [-0.3, -0.25) is 4.79 Å². The maximum absolute atomic E-state index is 13.8. The van der Waals surface area contributed by atoms with Gasteiger partial charge < -0.3 is 23.4 Å². The molecule has 0 saturated carbocycles. The number of pyridine rings is 1. The summed E-state index contributed by atoms with van der Waals surface area (Å²) in [6, 6.07) is 12.7. The van der Waals surface area contributed by atoms with E-state index in [2.05, 4.69) is 15.2 Å². The number of hydrogen-bond acceptors (Lipinski definition) is 7. The van der Waals surface area contributed by atoms with Gasteiger partial charge in [0.1, 0.15) is 11.2 Å². The van der Waals surface area contributed by atoms with E-state index in [1.165, 1.54) is 0 Å². The third kappa shape index (κ3) is 6.11. The number of piperidine rings is 1. The average Bonchev–Trinajstić information content (AvgIpc) is 3.58. The van der Waals surface area contributed by atoms with Gasteiger partial charge in [0.15, 0.2) is 0 Å². The van der Waals surface area contributed by atoms with E-state index >= 15 is 0 Å². The number of fused-ring (bicyclic) bond motifs is 1. The maximum Gasteiger partial charge on any atom is 0.410 e. The van der Waals surface area contributed by atoms with Crippen molar-refractivity contribution < 1.29 is 27.5 Å². The Morgan fingerprint density at radius 2 is 1.85 bits per heavy atom. The molecule has 1 aliphatic heterocycles. The number of likely N-dealkylation sites (tertiary alicyclic amines) is 1. The Hall–Kier alpha value is -4.35. The zero-order chi connectivity index (χ0) is 28.4. The summed E-state index contributed by atoms with van der Waals surface area (Å²) in [5.74, 6) is -1.07. The lowest BCUT2D eigenvalue weighted by atomic mass is 9.95. The molecule has 12 heteroatoms. The van der Waals surface area contributed by atoms with E-state index in [-0.39, 0.29) is 30.4 Å². The standard InChI is InChI=1S/C28H30F2N6O4/c1-28(2,3)40-27(38)34-12-9-18(10-13-34)26(37)36(21-7-5-4-6-8-21)17-20-16-35-14-11-19(15-22(35)31-20)24-32-33-25(39-24)23(29)30/h4-8,11,14-16,18,23H,9-10,12-13,17H2,1-3H3. The fourth-order valence-electron chi connectivity index (χ4n) is 4.61. The molecule has 1 saturated heterocycles. The number of hydrogen-bond donors (Lipinski definition) is 0. The van der Waals surface area contributed by atoms with E-state index in [1.807, 2.05) is 57.3 Å². The van der Waals surface area contributed by atoms with Crippen LogP contribution in [0.5, 0.6) is 0 Å². The van der Waals surface area contributed by atoms with Gasteiger partial charge in [0.05, 0.1) is 12.2 Å². The molecule has 0 radical (unpaired) electrons. The number of rotatable bonds is 6. The fraction of sp³-hybridized carbons (Fsp3) is 0.393. The van der Waals surface area contributed by atoms with Crippen LogP contribution in [0.15, 0.2) is 59.3 Å². The summed E-state index contributed by atoms with van der Waals surface area (Å²) in [6.07, 6.45) is 1.37. The van der Waals surface area contributed by atoms with E-state index in [1.54, 1.807) is 32.5 Å². The number of alkyl halides is 2. The largest absolute Gasteiger partial charge is 0.444 e. The van der Waals surface area contributed by atoms with Crippen molar-refractivity contribution in [3.05, 3.63) is 66.4 Å². The number of halogens is 2. The molecule has 40 heavy (non-hydrogen) atoms. The first kappa shape index (κ1) is 27.2. The molecule has 0 N–H and O–H groups in total. The Labute approximate surface area is 229 Å². The number of ether oxygens (including phenoxy) is 1. The summed E-state index contributed by atoms with van der Waals surface area (Å²) in [6.45, 7) is 6.58. The summed E-state index contributed by atoms with van der Waals surface area (Å²) >= 11 is 0. The monoisotopic (exact) mass is 552 g/mol. The number of imidazole rings is 1. The second-order valence-corrected chi connectivity index (χ2v) is 10.7. The van der Waals surface area contributed by atoms with Gasteiger partial charge in [-0.05, 0) is 57.9 Å². The molecule has 1 fully saturated rings. The molecule has 1 aliphatic rings. The maximum atomic E-state index is 13.8. The highest BCUT2D eigenvalue weighted by molar-refractivity contribution is 5.95. The Kier molecular flexibility index (Phi) is 7.51. The molecule has 0 unspecified atom stereocenters. The first-order valence-corrected chi connectivity index (χ1v) is 13.0. The second kappa shape index (κ2) is 11.0. The number of anilines is 1. The van der Waals surface area contributed by atoms with Gasteiger partial charge in [-0.25, -0.2) is 9.78 Å². The number of carbonyl (C=O) groups is 2. The molecular formula is C28H30F2N6O4. The van der Waals surface area contributed by atoms with Crippen LogP contribution < -0.4 is 4.90 Å². The molecule has 2 amide bonds. The Bertz CT molecular complexity index is 1490. The zero-order valence-electron chi connectivity index (χ0n) is 22.5. The number of aromatic nitrogens is 4. The van der Waals surface area contributed by atoms with Crippen LogP contribution in [0.3, 0.4) is 0 Å². The minimum absolute atomic E-state index is 0.0267. The molecule has 0 spiro atoms. The number of benzene rings is 1. The van der Waals surface area contributed by atoms with Crippen molar-refractivity contribution in [2.75, 3.05) is 18.0 Å². The van der Waals surface area contributed by atoms with Crippen LogP contribution >= 0.6 is 0 Å². The zero-order valence-corrected chi connectivity index (χ0v) is 22.5. The van der Waals surface area contributed by atoms with Crippen molar-refractivity contribution in [3.8, 4) is 11.5 Å². The van der Waals surface area contributed by atoms with E-state index in [4.69, 9.17) is 9.15 Å². The van der Waals surface area contributed by atoms with E-state index < -0.39 is 17.9 Å². The molecule has 4 aromatic rings. The molecule has 210 valence electrons. The summed E-state index contributed by atoms with van der Waals surface area (Å²) in [7, 11) is 0. The van der Waals surface area contributed by atoms with Crippen LogP contribution in [0.4, 0.5) is 19.3 Å². The topological polar surface area (TPSA) is 106 Å². The highest BCUT2D eigenvalue weighted by Gasteiger charge is 2.33. The van der Waals surface area contributed by atoms with Gasteiger partial charge >= 0.3 is 12.5 Å². The predicted octanol–water partition coefficient (Wildman–Crippen LogP) is 5.50. The van der Waals surface area contributed by atoms with Crippen molar-refractivity contribution in [2.45, 2.75) is 52.2 Å². The van der Waals surface area contributed by atoms with E-state index in [0.29, 0.717) is 42.8 Å². The number of carbonyl (C=O) groups excluding carboxylic acids is 2. The SMILES string of the molecule is CC(C)(C)OC(=O)N1CCC(C(=O)N(Cc2cn3ccc(-c4nnc(C(F)F)o4)cc3n2)c2ccccc2)CC1. The number of amides is 2. The molecular weight excluding hydrogens is 522 g/mol. The molecule has 0 aliphatic carbocycles. The normalized spacial score (nSPS) is 14.6. The smallest absolute Gasteiger partial charge is 0.410 e. The predicted molar refractivity (Wildman–Crippen MR) is 142 cm³/mol. The molecule has 0 bridgehead atoms. The Balaban J connectivity index is 1.33. The third-order valence-electron chi connectivity index (χ3n) is 6.53. The first-order valence-electron chi connectivity index (χ1n) is 13.0. The van der Waals surface area contributed by atoms with Crippen molar-refractivity contribution in [1.82, 2.24) is 24.5 Å². The molecule has 5 rings (SSSR count). The molecule has 1 aromatic carbocycles. The highest BCUT2D eigenvalue weighted by Crippen LogP contribution is 2.27. The van der Waals surface area contributed by atoms with Gasteiger partial charge in [0.25, 0.3) is 5.89 Å². The lowest BCUT2D eigenvalue weighted by molar-refractivity contribution is -0.124. The third-order valence-corrected chi connectivity index (χ3v) is 6.53. The summed E-state index contributed by atoms with van der Waals surface area (Å²) in [4.78, 5) is 34.3. The van der Waals surface area contributed by atoms with Crippen molar-refractivity contribution in [1.29, 1.82) is 0 Å². The Morgan fingerprint density at radius 3 is 2.50 bits per heavy atom. The quantitative estimate of drug-likeness (QED) is 0.311. The van der Waals surface area contributed by atoms with Crippen LogP contribution in [-0.2, 0) is 16.1 Å². The van der Waals surface area contributed by atoms with Crippen molar-refractivity contribution >= 4 is 23.3 Å². The van der Waals surface area contributed by atoms with Gasteiger partial charge in [-0.1, -0.05) is 18.2 Å². The van der Waals surface area contributed by atoms with Gasteiger partial charge in [-0.2, -0.15) is 8.78 Å². The van der Waals surface area contributed by atoms with Crippen LogP contribution in [0.1, 0.15) is 51.6 Å². The van der Waals surface area contributed by atoms with Gasteiger partial charge in [-0.15, -0.1) is 10.2 Å². The molecule has 3 aromatic heterocycles. The lowest BCUT2D eigenvalue weighted by Gasteiger charge is -2.35. The lowest BCUT2D eigenvalue weighted by Crippen LogP contribution is -2.45. The molecule has 4 heterocycles. The van der Waals surface area contributed by atoms with Crippen molar-refractivity contribution in [2.24, 2.45) is 5.92 Å². The highest BCUT2D eigenvalue weighted by atomic mass is 19.3. The fourth-order valence-corrected chi connectivity index (χ4v) is 4.61. The number of nitrogens with zero attached hydrogens (tertiary/aromatic N) is 6. The van der Waals surface area contributed by atoms with Crippen molar-refractivity contribution in [3.63, 3.8) is 0 Å². The van der Waals surface area contributed by atoms with E-state index in [9.17, 15) is 18.4 Å². The minimum Gasteiger partial charge on any atom is -0.444 e. The summed E-state index contributed by atoms with van der Waals surface area (Å²) in [5.41, 5.74) is 1.79. The van der Waals surface area contributed by atoms with Crippen LogP contribution in [0, 0.1) is 5.92 Å². The first-order chi connectivity index (χ1) is 19.1. The number of para-hydroxylation sites is 1.